The van der Waals surface area contributed by atoms with E-state index in [1.54, 1.807) is 13.1 Å². The van der Waals surface area contributed by atoms with Crippen molar-refractivity contribution in [3.8, 4) is 0 Å². The summed E-state index contributed by atoms with van der Waals surface area (Å²) in [5.74, 6) is -0.315. The summed E-state index contributed by atoms with van der Waals surface area (Å²) < 4.78 is 42.7. The Bertz CT molecular complexity index is 554. The van der Waals surface area contributed by atoms with Gasteiger partial charge in [0.25, 0.3) is 0 Å². The molecule has 19 heavy (non-hydrogen) atoms. The van der Waals surface area contributed by atoms with Gasteiger partial charge < -0.3 is 15.1 Å². The van der Waals surface area contributed by atoms with Gasteiger partial charge in [0.2, 0.25) is 5.95 Å². The molecule has 5 nitrogen and oxygen atoms in total. The maximum Gasteiger partial charge on any atom is 0.433 e. The van der Waals surface area contributed by atoms with Crippen molar-refractivity contribution in [2.45, 2.75) is 12.7 Å². The fourth-order valence-electron chi connectivity index (χ4n) is 1.53. The Balaban J connectivity index is 2.26. The number of halogens is 3. The molecule has 2 aromatic rings. The van der Waals surface area contributed by atoms with Crippen LogP contribution in [0.3, 0.4) is 0 Å². The summed E-state index contributed by atoms with van der Waals surface area (Å²) in [6.07, 6.45) is -1.56. The summed E-state index contributed by atoms with van der Waals surface area (Å²) in [5.41, 5.74) is 5.05. The first-order valence-corrected chi connectivity index (χ1v) is 5.30. The van der Waals surface area contributed by atoms with E-state index >= 15 is 0 Å². The predicted molar refractivity (Wildman–Crippen MR) is 62.3 cm³/mol. The first-order chi connectivity index (χ1) is 8.86. The van der Waals surface area contributed by atoms with E-state index in [9.17, 15) is 13.2 Å². The third-order valence-corrected chi connectivity index (χ3v) is 2.41. The Morgan fingerprint density at radius 3 is 2.68 bits per heavy atom. The molecule has 2 aromatic heterocycles. The minimum atomic E-state index is -4.55. The summed E-state index contributed by atoms with van der Waals surface area (Å²) in [6.45, 7) is 0.351. The van der Waals surface area contributed by atoms with Crippen LogP contribution < -0.4 is 10.6 Å². The quantitative estimate of drug-likeness (QED) is 0.928. The minimum Gasteiger partial charge on any atom is -0.472 e. The van der Waals surface area contributed by atoms with Gasteiger partial charge in [-0.25, -0.2) is 4.98 Å². The van der Waals surface area contributed by atoms with Crippen LogP contribution in [0.1, 0.15) is 11.3 Å². The van der Waals surface area contributed by atoms with Crippen LogP contribution in [0.2, 0.25) is 0 Å². The largest absolute Gasteiger partial charge is 0.472 e. The van der Waals surface area contributed by atoms with Gasteiger partial charge >= 0.3 is 6.18 Å². The zero-order chi connectivity index (χ0) is 14.0. The Hall–Kier alpha value is -2.25. The van der Waals surface area contributed by atoms with Crippen LogP contribution in [0.5, 0.6) is 0 Å². The molecular formula is C11H11F3N4O. The second-order valence-electron chi connectivity index (χ2n) is 3.96. The van der Waals surface area contributed by atoms with Crippen molar-refractivity contribution in [1.82, 2.24) is 9.97 Å². The van der Waals surface area contributed by atoms with E-state index < -0.39 is 17.8 Å². The number of anilines is 2. The molecule has 0 aromatic carbocycles. The zero-order valence-electron chi connectivity index (χ0n) is 9.98. The average Bonchev–Trinajstić information content (AvgIpc) is 2.79. The number of hydrogen-bond acceptors (Lipinski definition) is 5. The van der Waals surface area contributed by atoms with Gasteiger partial charge in [-0.3, -0.25) is 0 Å². The highest BCUT2D eigenvalue weighted by atomic mass is 19.4. The Kier molecular flexibility index (Phi) is 3.32. The van der Waals surface area contributed by atoms with Crippen molar-refractivity contribution < 1.29 is 17.6 Å². The average molecular weight is 272 g/mol. The molecule has 102 valence electrons. The van der Waals surface area contributed by atoms with Gasteiger partial charge in [-0.15, -0.1) is 0 Å². The van der Waals surface area contributed by atoms with Crippen LogP contribution in [0.25, 0.3) is 0 Å². The van der Waals surface area contributed by atoms with E-state index in [1.165, 1.54) is 17.4 Å². The van der Waals surface area contributed by atoms with Crippen molar-refractivity contribution in [3.05, 3.63) is 35.9 Å². The summed E-state index contributed by atoms with van der Waals surface area (Å²) in [6, 6.07) is 2.57. The first-order valence-electron chi connectivity index (χ1n) is 5.30. The van der Waals surface area contributed by atoms with E-state index in [0.717, 1.165) is 11.6 Å². The molecule has 2 heterocycles. The number of furan rings is 1. The summed E-state index contributed by atoms with van der Waals surface area (Å²) in [4.78, 5) is 8.50. The summed E-state index contributed by atoms with van der Waals surface area (Å²) in [7, 11) is 1.61. The lowest BCUT2D eigenvalue weighted by molar-refractivity contribution is -0.141. The minimum absolute atomic E-state index is 0.0982. The Morgan fingerprint density at radius 1 is 1.37 bits per heavy atom. The molecule has 8 heteroatoms. The molecule has 0 unspecified atom stereocenters. The van der Waals surface area contributed by atoms with Gasteiger partial charge in [-0.05, 0) is 6.07 Å². The van der Waals surface area contributed by atoms with E-state index in [1.807, 2.05) is 0 Å². The zero-order valence-corrected chi connectivity index (χ0v) is 9.98. The molecule has 0 bridgehead atoms. The van der Waals surface area contributed by atoms with Crippen molar-refractivity contribution >= 4 is 11.8 Å². The molecule has 0 radical (unpaired) electrons. The van der Waals surface area contributed by atoms with Gasteiger partial charge in [0, 0.05) is 25.2 Å². The van der Waals surface area contributed by atoms with E-state index in [2.05, 4.69) is 9.97 Å². The van der Waals surface area contributed by atoms with Crippen LogP contribution in [0.15, 0.2) is 29.1 Å². The van der Waals surface area contributed by atoms with Crippen LogP contribution in [0.4, 0.5) is 24.9 Å². The monoisotopic (exact) mass is 272 g/mol. The molecule has 0 saturated heterocycles. The maximum atomic E-state index is 12.6. The Morgan fingerprint density at radius 2 is 2.11 bits per heavy atom. The number of alkyl halides is 3. The van der Waals surface area contributed by atoms with Gasteiger partial charge in [0.05, 0.1) is 12.5 Å². The number of aromatic nitrogens is 2. The lowest BCUT2D eigenvalue weighted by Gasteiger charge is -2.18. The predicted octanol–water partition coefficient (Wildman–Crippen LogP) is 2.31. The van der Waals surface area contributed by atoms with Crippen molar-refractivity contribution in [1.29, 1.82) is 0 Å². The summed E-state index contributed by atoms with van der Waals surface area (Å²) >= 11 is 0. The van der Waals surface area contributed by atoms with E-state index in [-0.39, 0.29) is 5.82 Å². The molecule has 0 aliphatic rings. The van der Waals surface area contributed by atoms with Crippen molar-refractivity contribution in [2.75, 3.05) is 17.7 Å². The van der Waals surface area contributed by atoms with Gasteiger partial charge in [0.15, 0.2) is 5.69 Å². The Labute approximate surface area is 106 Å². The summed E-state index contributed by atoms with van der Waals surface area (Å²) in [5, 5.41) is 0. The lowest BCUT2D eigenvalue weighted by Crippen LogP contribution is -2.20. The third-order valence-electron chi connectivity index (χ3n) is 2.41. The number of hydrogen-bond donors (Lipinski definition) is 1. The topological polar surface area (TPSA) is 68.2 Å². The smallest absolute Gasteiger partial charge is 0.433 e. The molecule has 0 atom stereocenters. The van der Waals surface area contributed by atoms with Crippen LogP contribution in [-0.4, -0.2) is 17.0 Å². The second kappa shape index (κ2) is 4.79. The first kappa shape index (κ1) is 13.2. The molecular weight excluding hydrogens is 261 g/mol. The fraction of sp³-hybridized carbons (Fsp3) is 0.273. The van der Waals surface area contributed by atoms with Gasteiger partial charge in [-0.2, -0.15) is 18.2 Å². The molecule has 2 N–H and O–H groups in total. The standard InChI is InChI=1S/C11H11F3N4O/c1-18(5-7-2-3-19-6-7)9-4-8(11(12,13)14)16-10(15)17-9/h2-4,6H,5H2,1H3,(H2,15,16,17). The molecule has 0 aliphatic carbocycles. The van der Waals surface area contributed by atoms with Gasteiger partial charge in [-0.1, -0.05) is 0 Å². The second-order valence-corrected chi connectivity index (χ2v) is 3.96. The highest BCUT2D eigenvalue weighted by Crippen LogP contribution is 2.30. The molecule has 2 rings (SSSR count). The highest BCUT2D eigenvalue weighted by molar-refractivity contribution is 5.43. The van der Waals surface area contributed by atoms with Crippen LogP contribution in [0, 0.1) is 0 Å². The number of nitrogens with two attached hydrogens (primary N) is 1. The van der Waals surface area contributed by atoms with Gasteiger partial charge in [0.1, 0.15) is 5.82 Å². The normalized spacial score (nSPS) is 11.6. The number of nitrogen functional groups attached to an aromatic ring is 1. The van der Waals surface area contributed by atoms with E-state index in [4.69, 9.17) is 10.2 Å². The van der Waals surface area contributed by atoms with Crippen LogP contribution in [-0.2, 0) is 12.7 Å². The SMILES string of the molecule is CN(Cc1ccoc1)c1cc(C(F)(F)F)nc(N)n1. The lowest BCUT2D eigenvalue weighted by atomic mass is 10.3. The molecule has 0 saturated carbocycles. The van der Waals surface area contributed by atoms with Crippen molar-refractivity contribution in [2.24, 2.45) is 0 Å². The molecule has 0 aliphatic heterocycles. The number of rotatable bonds is 3. The fourth-order valence-corrected chi connectivity index (χ4v) is 1.53. The highest BCUT2D eigenvalue weighted by Gasteiger charge is 2.33. The molecule has 0 spiro atoms. The third kappa shape index (κ3) is 3.15. The molecule has 0 amide bonds. The molecule has 0 fully saturated rings. The van der Waals surface area contributed by atoms with Crippen LogP contribution >= 0.6 is 0 Å². The van der Waals surface area contributed by atoms with Crippen molar-refractivity contribution in [3.63, 3.8) is 0 Å². The number of nitrogens with zero attached hydrogens (tertiary/aromatic N) is 3. The maximum absolute atomic E-state index is 12.6. The van der Waals surface area contributed by atoms with E-state index in [0.29, 0.717) is 6.54 Å².